The molecule has 2 rings (SSSR count). The van der Waals surface area contributed by atoms with E-state index in [2.05, 4.69) is 12.6 Å². The SMILES string of the molecule is COc1cc2cc(c1Cl)N(C)C(=O)CC(OC(=O)[C@H](C)N(C)C(=O)CC[C@@H](C)S)C(C)(O)CC(C)C(O)CC(N)(O)C(OC)/C=C/C=C(\C)C2. The minimum absolute atomic E-state index is 0.0107. The molecule has 8 atom stereocenters. The molecule has 0 radical (unpaired) electrons. The molecule has 2 amide bonds. The zero-order valence-electron chi connectivity index (χ0n) is 30.7. The Morgan fingerprint density at radius 2 is 1.86 bits per heavy atom. The van der Waals surface area contributed by atoms with Crippen LogP contribution in [0, 0.1) is 5.92 Å². The molecule has 12 nitrogen and oxygen atoms in total. The summed E-state index contributed by atoms with van der Waals surface area (Å²) < 4.78 is 16.8. The summed E-state index contributed by atoms with van der Waals surface area (Å²) in [5.41, 5.74) is 4.41. The van der Waals surface area contributed by atoms with E-state index < -0.39 is 59.9 Å². The van der Waals surface area contributed by atoms with Gasteiger partial charge in [-0.05, 0) is 68.9 Å². The van der Waals surface area contributed by atoms with Crippen molar-refractivity contribution in [2.75, 3.05) is 33.2 Å². The van der Waals surface area contributed by atoms with E-state index in [4.69, 9.17) is 31.5 Å². The lowest BCUT2D eigenvalue weighted by atomic mass is 9.82. The highest BCUT2D eigenvalue weighted by Gasteiger charge is 2.43. The standard InChI is InChI=1S/C36H56ClN3O9S/c1-21-11-10-12-29(48-9)36(38,46)20-27(41)22(2)19-35(5,45)30(49-34(44)24(4)39(6)31(42)14-13-23(3)50)18-32(43)40(7)26-16-25(15-21)17-28(47-8)33(26)37/h10-12,16-17,22-24,27,29-30,41,45-46,50H,13-15,18-20,38H2,1-9H3/b12-10+,21-11+/t22?,23-,24+,27?,29?,30?,35?,36?/m1/s1. The maximum absolute atomic E-state index is 13.9. The molecule has 1 heterocycles. The Morgan fingerprint density at radius 3 is 2.44 bits per heavy atom. The van der Waals surface area contributed by atoms with Gasteiger partial charge in [0.05, 0.1) is 30.9 Å². The molecule has 0 fully saturated rings. The molecule has 2 bridgehead atoms. The molecule has 6 unspecified atom stereocenters. The van der Waals surface area contributed by atoms with Crippen LogP contribution in [-0.2, 0) is 30.3 Å². The van der Waals surface area contributed by atoms with Crippen molar-refractivity contribution in [3.8, 4) is 5.75 Å². The van der Waals surface area contributed by atoms with E-state index in [0.29, 0.717) is 24.3 Å². The number of methoxy groups -OCH3 is 2. The largest absolute Gasteiger partial charge is 0.495 e. The number of allylic oxidation sites excluding steroid dienone is 3. The molecule has 0 saturated carbocycles. The number of nitrogens with zero attached hydrogens (tertiary/aromatic N) is 2. The number of esters is 1. The second kappa shape index (κ2) is 18.7. The molecule has 1 aromatic carbocycles. The van der Waals surface area contributed by atoms with Gasteiger partial charge >= 0.3 is 5.97 Å². The summed E-state index contributed by atoms with van der Waals surface area (Å²) in [4.78, 5) is 42.8. The minimum atomic E-state index is -1.99. The van der Waals surface area contributed by atoms with Gasteiger partial charge < -0.3 is 45.1 Å². The Morgan fingerprint density at radius 1 is 1.22 bits per heavy atom. The molecule has 0 aliphatic carbocycles. The number of rotatable bonds is 8. The van der Waals surface area contributed by atoms with Gasteiger partial charge in [-0.15, -0.1) is 0 Å². The van der Waals surface area contributed by atoms with Crippen LogP contribution in [0.5, 0.6) is 5.75 Å². The number of likely N-dealkylation sites (N-methyl/N-ethyl adjacent to an activating group) is 1. The van der Waals surface area contributed by atoms with Crippen molar-refractivity contribution in [2.45, 2.75) is 114 Å². The third-order valence-corrected chi connectivity index (χ3v) is 9.90. The molecule has 1 aliphatic rings. The van der Waals surface area contributed by atoms with Crippen LogP contribution in [-0.4, -0.2) is 107 Å². The van der Waals surface area contributed by atoms with Gasteiger partial charge in [-0.2, -0.15) is 12.6 Å². The molecule has 282 valence electrons. The molecule has 1 aliphatic heterocycles. The summed E-state index contributed by atoms with van der Waals surface area (Å²) in [7, 11) is 5.85. The maximum atomic E-state index is 13.9. The maximum Gasteiger partial charge on any atom is 0.328 e. The second-order valence-electron chi connectivity index (χ2n) is 13.8. The summed E-state index contributed by atoms with van der Waals surface area (Å²) in [6.45, 7) is 8.31. The number of anilines is 1. The highest BCUT2D eigenvalue weighted by Crippen LogP contribution is 2.38. The molecular formula is C36H56ClN3O9S. The molecule has 5 N–H and O–H groups in total. The number of nitrogens with two attached hydrogens (primary N) is 1. The van der Waals surface area contributed by atoms with Gasteiger partial charge in [0, 0.05) is 34.0 Å². The van der Waals surface area contributed by atoms with E-state index in [9.17, 15) is 29.7 Å². The number of fused-ring (bicyclic) bond motifs is 2. The monoisotopic (exact) mass is 741 g/mol. The van der Waals surface area contributed by atoms with Crippen LogP contribution < -0.4 is 15.4 Å². The van der Waals surface area contributed by atoms with E-state index in [0.717, 1.165) is 11.1 Å². The predicted molar refractivity (Wildman–Crippen MR) is 197 cm³/mol. The number of benzene rings is 1. The van der Waals surface area contributed by atoms with E-state index in [1.54, 1.807) is 31.2 Å². The van der Waals surface area contributed by atoms with Gasteiger partial charge in [0.25, 0.3) is 0 Å². The third kappa shape index (κ3) is 12.0. The first-order valence-electron chi connectivity index (χ1n) is 16.7. The number of carbonyl (C=O) groups excluding carboxylic acids is 3. The number of aliphatic hydroxyl groups is 3. The lowest BCUT2D eigenvalue weighted by molar-refractivity contribution is -0.175. The average molecular weight is 742 g/mol. The molecule has 0 spiro atoms. The average Bonchev–Trinajstić information content (AvgIpc) is 3.03. The Balaban J connectivity index is 2.62. The summed E-state index contributed by atoms with van der Waals surface area (Å²) in [5, 5.41) is 34.4. The van der Waals surface area contributed by atoms with Gasteiger partial charge in [0.15, 0.2) is 0 Å². The topological polar surface area (TPSA) is 172 Å². The van der Waals surface area contributed by atoms with E-state index in [1.165, 1.54) is 52.0 Å². The number of thiol groups is 1. The van der Waals surface area contributed by atoms with Crippen LogP contribution in [0.25, 0.3) is 0 Å². The first-order valence-corrected chi connectivity index (χ1v) is 17.6. The van der Waals surface area contributed by atoms with Crippen LogP contribution in [0.2, 0.25) is 5.02 Å². The van der Waals surface area contributed by atoms with Crippen LogP contribution in [0.3, 0.4) is 0 Å². The zero-order chi connectivity index (χ0) is 38.1. The van der Waals surface area contributed by atoms with Crippen LogP contribution >= 0.6 is 24.2 Å². The van der Waals surface area contributed by atoms with E-state index in [-0.39, 0.29) is 35.4 Å². The van der Waals surface area contributed by atoms with Crippen molar-refractivity contribution in [2.24, 2.45) is 11.7 Å². The molecular weight excluding hydrogens is 686 g/mol. The molecule has 50 heavy (non-hydrogen) atoms. The van der Waals surface area contributed by atoms with Crippen molar-refractivity contribution >= 4 is 47.7 Å². The van der Waals surface area contributed by atoms with Crippen LogP contribution in [0.15, 0.2) is 35.9 Å². The Hall–Kier alpha value is -2.65. The van der Waals surface area contributed by atoms with Crippen molar-refractivity contribution in [3.63, 3.8) is 0 Å². The van der Waals surface area contributed by atoms with Crippen molar-refractivity contribution in [1.82, 2.24) is 4.90 Å². The number of halogens is 1. The lowest BCUT2D eigenvalue weighted by Crippen LogP contribution is -2.54. The van der Waals surface area contributed by atoms with Crippen LogP contribution in [0.4, 0.5) is 5.69 Å². The highest BCUT2D eigenvalue weighted by atomic mass is 35.5. The van der Waals surface area contributed by atoms with Crippen molar-refractivity contribution in [1.29, 1.82) is 0 Å². The second-order valence-corrected chi connectivity index (χ2v) is 15.1. The fourth-order valence-electron chi connectivity index (χ4n) is 5.80. The zero-order valence-corrected chi connectivity index (χ0v) is 32.3. The first kappa shape index (κ1) is 43.5. The number of amides is 2. The van der Waals surface area contributed by atoms with Crippen molar-refractivity contribution < 1.29 is 43.9 Å². The number of aliphatic hydroxyl groups excluding tert-OH is 1. The minimum Gasteiger partial charge on any atom is -0.495 e. The van der Waals surface area contributed by atoms with Gasteiger partial charge in [-0.3, -0.25) is 9.59 Å². The fraction of sp³-hybridized carbons (Fsp3) is 0.639. The predicted octanol–water partition coefficient (Wildman–Crippen LogP) is 3.81. The third-order valence-electron chi connectivity index (χ3n) is 9.26. The molecule has 14 heteroatoms. The normalized spacial score (nSPS) is 30.1. The summed E-state index contributed by atoms with van der Waals surface area (Å²) in [6.07, 6.45) is 1.63. The smallest absolute Gasteiger partial charge is 0.328 e. The molecule has 0 saturated heterocycles. The summed E-state index contributed by atoms with van der Waals surface area (Å²) in [5.74, 6) is -2.03. The van der Waals surface area contributed by atoms with Gasteiger partial charge in [0.2, 0.25) is 11.8 Å². The molecule has 1 aromatic rings. The number of carbonyl (C=O) groups is 3. The Labute approximate surface area is 307 Å². The Kier molecular flexibility index (Phi) is 16.3. The van der Waals surface area contributed by atoms with Gasteiger partial charge in [-0.25, -0.2) is 4.79 Å². The lowest BCUT2D eigenvalue weighted by Gasteiger charge is -2.38. The van der Waals surface area contributed by atoms with Crippen LogP contribution in [0.1, 0.15) is 72.3 Å². The van der Waals surface area contributed by atoms with Gasteiger partial charge in [0.1, 0.15) is 34.7 Å². The van der Waals surface area contributed by atoms with E-state index >= 15 is 0 Å². The number of ether oxygens (including phenoxy) is 3. The summed E-state index contributed by atoms with van der Waals surface area (Å²) >= 11 is 11.0. The number of hydrogen-bond donors (Lipinski definition) is 5. The fourth-order valence-corrected chi connectivity index (χ4v) is 6.24. The summed E-state index contributed by atoms with van der Waals surface area (Å²) in [6, 6.07) is 2.47. The van der Waals surface area contributed by atoms with E-state index in [1.807, 2.05) is 19.9 Å². The highest BCUT2D eigenvalue weighted by molar-refractivity contribution is 7.80. The van der Waals surface area contributed by atoms with Gasteiger partial charge in [-0.1, -0.05) is 49.2 Å². The molecule has 0 aromatic heterocycles. The van der Waals surface area contributed by atoms with Crippen molar-refractivity contribution in [3.05, 3.63) is 46.5 Å². The first-order chi connectivity index (χ1) is 23.1. The quantitative estimate of drug-likeness (QED) is 0.150. The number of hydrogen-bond acceptors (Lipinski definition) is 11. The Bertz CT molecular complexity index is 1400.